The van der Waals surface area contributed by atoms with Gasteiger partial charge in [-0.1, -0.05) is 35.9 Å². The third kappa shape index (κ3) is 5.33. The van der Waals surface area contributed by atoms with Crippen LogP contribution in [0.15, 0.2) is 63.8 Å². The Balaban J connectivity index is 1.68. The highest BCUT2D eigenvalue weighted by Crippen LogP contribution is 2.35. The smallest absolute Gasteiger partial charge is 0.416 e. The summed E-state index contributed by atoms with van der Waals surface area (Å²) in [7, 11) is -3.88. The number of carbonyl (C=O) groups is 2. The molecule has 1 atom stereocenters. The molecule has 5 rings (SSSR count). The summed E-state index contributed by atoms with van der Waals surface area (Å²) in [6, 6.07) is 14.4. The van der Waals surface area contributed by atoms with E-state index in [0.717, 1.165) is 16.4 Å². The van der Waals surface area contributed by atoms with Gasteiger partial charge in [0.05, 0.1) is 34.6 Å². The number of halogens is 1. The first-order chi connectivity index (χ1) is 19.7. The molecule has 5 aromatic rings. The zero-order chi connectivity index (χ0) is 30.5. The molecule has 2 aromatic carbocycles. The highest BCUT2D eigenvalue weighted by molar-refractivity contribution is 7.89. The minimum absolute atomic E-state index is 0.0206. The first kappa shape index (κ1) is 28.8. The van der Waals surface area contributed by atoms with Gasteiger partial charge in [-0.3, -0.25) is 9.59 Å². The fourth-order valence-electron chi connectivity index (χ4n) is 4.91. The summed E-state index contributed by atoms with van der Waals surface area (Å²) in [5, 5.41) is 14.1. The SMILES string of the molecule is Cc1cc([C@@H](C)Nc2ccc(Cl)nc2C(=O)NS(C)(=O)=O)c2oc(-c3cc4ccccc4n3C(=O)O)c(C)c(=O)c2c1. The number of sulfonamides is 1. The quantitative estimate of drug-likeness (QED) is 0.212. The van der Waals surface area contributed by atoms with Crippen molar-refractivity contribution in [3.8, 4) is 11.5 Å². The number of para-hydroxylation sites is 1. The Morgan fingerprint density at radius 2 is 1.81 bits per heavy atom. The molecular formula is C29H25ClN4O7S. The Kier molecular flexibility index (Phi) is 7.29. The lowest BCUT2D eigenvalue weighted by Gasteiger charge is -2.20. The number of fused-ring (bicyclic) bond motifs is 2. The first-order valence-electron chi connectivity index (χ1n) is 12.6. The maximum absolute atomic E-state index is 13.6. The molecular weight excluding hydrogens is 584 g/mol. The van der Waals surface area contributed by atoms with Crippen LogP contribution >= 0.6 is 11.6 Å². The molecule has 3 N–H and O–H groups in total. The number of hydrogen-bond acceptors (Lipinski definition) is 8. The van der Waals surface area contributed by atoms with Gasteiger partial charge in [-0.15, -0.1) is 0 Å². The fourth-order valence-corrected chi connectivity index (χ4v) is 5.50. The van der Waals surface area contributed by atoms with Gasteiger partial charge in [0.15, 0.2) is 16.9 Å². The molecule has 0 saturated carbocycles. The minimum Gasteiger partial charge on any atom is -0.464 e. The molecule has 216 valence electrons. The minimum atomic E-state index is -3.88. The summed E-state index contributed by atoms with van der Waals surface area (Å²) >= 11 is 5.99. The van der Waals surface area contributed by atoms with Gasteiger partial charge in [-0.25, -0.2) is 27.5 Å². The lowest BCUT2D eigenvalue weighted by atomic mass is 9.99. The normalized spacial score (nSPS) is 12.4. The molecule has 11 nitrogen and oxygen atoms in total. The van der Waals surface area contributed by atoms with E-state index >= 15 is 0 Å². The van der Waals surface area contributed by atoms with Crippen molar-refractivity contribution in [2.24, 2.45) is 0 Å². The summed E-state index contributed by atoms with van der Waals surface area (Å²) in [6.07, 6.45) is -0.391. The molecule has 0 radical (unpaired) electrons. The number of pyridine rings is 1. The van der Waals surface area contributed by atoms with Gasteiger partial charge in [0.25, 0.3) is 5.91 Å². The number of carbonyl (C=O) groups excluding carboxylic acids is 1. The Morgan fingerprint density at radius 3 is 2.50 bits per heavy atom. The van der Waals surface area contributed by atoms with Crippen LogP contribution in [0.1, 0.15) is 40.1 Å². The number of carboxylic acid groups (broad SMARTS) is 1. The third-order valence-electron chi connectivity index (χ3n) is 6.72. The van der Waals surface area contributed by atoms with E-state index in [2.05, 4.69) is 10.3 Å². The summed E-state index contributed by atoms with van der Waals surface area (Å²) in [5.41, 5.74) is 2.01. The molecule has 0 fully saturated rings. The van der Waals surface area contributed by atoms with Gasteiger partial charge in [-0.2, -0.15) is 0 Å². The standard InChI is InChI=1S/C29H25ClN4O7S/c1-14-11-18(16(3)31-20-9-10-23(30)32-24(20)28(36)33-42(4,39)40)27-19(12-14)25(35)15(2)26(41-27)22-13-17-7-5-6-8-21(17)34(22)29(37)38/h5-13,16,31H,1-4H3,(H,33,36)(H,37,38)/t16-/m1/s1. The predicted molar refractivity (Wildman–Crippen MR) is 160 cm³/mol. The van der Waals surface area contributed by atoms with Crippen molar-refractivity contribution >= 4 is 61.2 Å². The second kappa shape index (κ2) is 10.6. The second-order valence-electron chi connectivity index (χ2n) is 9.92. The number of nitrogens with zero attached hydrogens (tertiary/aromatic N) is 2. The number of nitrogens with one attached hydrogen (secondary N) is 2. The number of rotatable bonds is 6. The maximum Gasteiger partial charge on any atom is 0.416 e. The van der Waals surface area contributed by atoms with E-state index in [0.29, 0.717) is 21.9 Å². The summed E-state index contributed by atoms with van der Waals surface area (Å²) in [5.74, 6) is -0.875. The molecule has 0 spiro atoms. The van der Waals surface area contributed by atoms with E-state index in [4.69, 9.17) is 16.0 Å². The second-order valence-corrected chi connectivity index (χ2v) is 12.1. The molecule has 0 aliphatic heterocycles. The Bertz CT molecular complexity index is 2100. The number of aromatic nitrogens is 2. The van der Waals surface area contributed by atoms with Crippen LogP contribution in [0, 0.1) is 13.8 Å². The average molecular weight is 609 g/mol. The van der Waals surface area contributed by atoms with E-state index in [9.17, 15) is 27.9 Å². The van der Waals surface area contributed by atoms with Crippen molar-refractivity contribution in [2.75, 3.05) is 11.6 Å². The van der Waals surface area contributed by atoms with Crippen molar-refractivity contribution in [1.82, 2.24) is 14.3 Å². The van der Waals surface area contributed by atoms with Crippen LogP contribution in [0.3, 0.4) is 0 Å². The van der Waals surface area contributed by atoms with Crippen LogP contribution < -0.4 is 15.5 Å². The monoisotopic (exact) mass is 608 g/mol. The lowest BCUT2D eigenvalue weighted by Crippen LogP contribution is -2.31. The highest BCUT2D eigenvalue weighted by atomic mass is 35.5. The van der Waals surface area contributed by atoms with Gasteiger partial charge in [0, 0.05) is 16.5 Å². The molecule has 0 aliphatic carbocycles. The van der Waals surface area contributed by atoms with Crippen LogP contribution in [0.2, 0.25) is 5.15 Å². The zero-order valence-corrected chi connectivity index (χ0v) is 24.4. The predicted octanol–water partition coefficient (Wildman–Crippen LogP) is 5.47. The molecule has 3 aromatic heterocycles. The molecule has 42 heavy (non-hydrogen) atoms. The van der Waals surface area contributed by atoms with E-state index in [-0.39, 0.29) is 44.6 Å². The van der Waals surface area contributed by atoms with Crippen molar-refractivity contribution < 1.29 is 27.5 Å². The summed E-state index contributed by atoms with van der Waals surface area (Å²) in [4.78, 5) is 42.7. The number of hydrogen-bond donors (Lipinski definition) is 3. The van der Waals surface area contributed by atoms with Gasteiger partial charge in [-0.05, 0) is 56.7 Å². The van der Waals surface area contributed by atoms with Crippen molar-refractivity contribution in [3.63, 3.8) is 0 Å². The summed E-state index contributed by atoms with van der Waals surface area (Å²) in [6.45, 7) is 5.16. The lowest BCUT2D eigenvalue weighted by molar-refractivity contribution is 0.0977. The van der Waals surface area contributed by atoms with Gasteiger partial charge < -0.3 is 14.8 Å². The molecule has 13 heteroatoms. The topological polar surface area (TPSA) is 161 Å². The van der Waals surface area contributed by atoms with Gasteiger partial charge in [0.2, 0.25) is 10.0 Å². The van der Waals surface area contributed by atoms with Crippen LogP contribution in [-0.4, -0.2) is 41.3 Å². The number of anilines is 1. The van der Waals surface area contributed by atoms with Crippen LogP contribution in [0.4, 0.5) is 10.5 Å². The highest BCUT2D eigenvalue weighted by Gasteiger charge is 2.25. The van der Waals surface area contributed by atoms with Crippen LogP contribution in [0.25, 0.3) is 33.3 Å². The Labute approximate surface area is 244 Å². The van der Waals surface area contributed by atoms with Crippen molar-refractivity contribution in [2.45, 2.75) is 26.8 Å². The summed E-state index contributed by atoms with van der Waals surface area (Å²) < 4.78 is 32.7. The number of amides is 1. The molecule has 0 unspecified atom stereocenters. The average Bonchev–Trinajstić information content (AvgIpc) is 3.30. The van der Waals surface area contributed by atoms with Gasteiger partial charge >= 0.3 is 6.09 Å². The molecule has 0 saturated heterocycles. The first-order valence-corrected chi connectivity index (χ1v) is 14.9. The number of benzene rings is 2. The van der Waals surface area contributed by atoms with E-state index in [1.165, 1.54) is 12.1 Å². The molecule has 0 bridgehead atoms. The molecule has 0 aliphatic rings. The molecule has 1 amide bonds. The largest absolute Gasteiger partial charge is 0.464 e. The molecule has 3 heterocycles. The van der Waals surface area contributed by atoms with E-state index in [1.54, 1.807) is 56.3 Å². The zero-order valence-electron chi connectivity index (χ0n) is 22.9. The Hall–Kier alpha value is -4.68. The third-order valence-corrected chi connectivity index (χ3v) is 7.49. The van der Waals surface area contributed by atoms with Crippen molar-refractivity contribution in [3.05, 3.63) is 92.4 Å². The Morgan fingerprint density at radius 1 is 1.10 bits per heavy atom. The van der Waals surface area contributed by atoms with E-state index in [1.807, 2.05) is 11.6 Å². The maximum atomic E-state index is 13.6. The van der Waals surface area contributed by atoms with Crippen LogP contribution in [-0.2, 0) is 10.0 Å². The fraction of sp³-hybridized carbons (Fsp3) is 0.172. The van der Waals surface area contributed by atoms with Crippen LogP contribution in [0.5, 0.6) is 0 Å². The van der Waals surface area contributed by atoms with Crippen molar-refractivity contribution in [1.29, 1.82) is 0 Å². The number of aryl methyl sites for hydroxylation is 1. The van der Waals surface area contributed by atoms with E-state index < -0.39 is 28.1 Å². The van der Waals surface area contributed by atoms with Gasteiger partial charge in [0.1, 0.15) is 10.7 Å².